The summed E-state index contributed by atoms with van der Waals surface area (Å²) in [6, 6.07) is 4.39. The molecule has 6 nitrogen and oxygen atoms in total. The smallest absolute Gasteiger partial charge is 0.303 e. The fraction of sp³-hybridized carbons (Fsp3) is 0.520. The number of carboxylic acid groups (broad SMARTS) is 1. The average molecular weight is 580 g/mol. The molecule has 2 aliphatic heterocycles. The van der Waals surface area contributed by atoms with Crippen LogP contribution in [0.4, 0.5) is 11.5 Å². The lowest BCUT2D eigenvalue weighted by Crippen LogP contribution is -2.40. The molecule has 0 aliphatic carbocycles. The molecule has 4 rings (SSSR count). The van der Waals surface area contributed by atoms with Gasteiger partial charge >= 0.3 is 5.97 Å². The van der Waals surface area contributed by atoms with E-state index in [1.54, 1.807) is 0 Å². The van der Waals surface area contributed by atoms with Gasteiger partial charge in [0.1, 0.15) is 17.8 Å². The molecule has 1 aromatic heterocycles. The summed E-state index contributed by atoms with van der Waals surface area (Å²) >= 11 is 7.65. The minimum atomic E-state index is -0.699. The molecule has 1 fully saturated rings. The van der Waals surface area contributed by atoms with Crippen LogP contribution >= 0.6 is 31.9 Å². The highest BCUT2D eigenvalue weighted by Crippen LogP contribution is 2.47. The highest BCUT2D eigenvalue weighted by Gasteiger charge is 2.37. The maximum atomic E-state index is 11.1. The molecule has 0 amide bonds. The number of aromatic amines is 1. The summed E-state index contributed by atoms with van der Waals surface area (Å²) in [5, 5.41) is 9.16. The second-order valence-corrected chi connectivity index (χ2v) is 11.3. The number of likely N-dealkylation sites (tertiary alicyclic amines) is 1. The number of nitrogens with one attached hydrogen (secondary N) is 1. The van der Waals surface area contributed by atoms with Crippen LogP contribution in [-0.2, 0) is 4.79 Å². The van der Waals surface area contributed by atoms with Gasteiger partial charge in [0.2, 0.25) is 0 Å². The molecule has 1 atom stereocenters. The summed E-state index contributed by atoms with van der Waals surface area (Å²) in [5.74, 6) is 1.98. The molecule has 0 bridgehead atoms. The van der Waals surface area contributed by atoms with E-state index in [4.69, 9.17) is 10.1 Å². The number of amidine groups is 1. The van der Waals surface area contributed by atoms with Gasteiger partial charge in [-0.15, -0.1) is 0 Å². The molecule has 2 aliphatic rings. The number of aliphatic imine (C=N–C) groups is 1. The number of nitrogens with zero attached hydrogens (tertiary/aromatic N) is 3. The van der Waals surface area contributed by atoms with E-state index >= 15 is 0 Å². The van der Waals surface area contributed by atoms with Crippen LogP contribution < -0.4 is 4.90 Å². The number of aromatic nitrogens is 1. The first kappa shape index (κ1) is 24.5. The molecule has 3 heterocycles. The minimum absolute atomic E-state index is 0.0560. The lowest BCUT2D eigenvalue weighted by molar-refractivity contribution is -0.138. The number of anilines is 2. The van der Waals surface area contributed by atoms with Crippen molar-refractivity contribution in [2.45, 2.75) is 66.0 Å². The number of fused-ring (bicyclic) bond motifs is 1. The first-order valence-corrected chi connectivity index (χ1v) is 13.2. The van der Waals surface area contributed by atoms with Crippen LogP contribution in [0.15, 0.2) is 26.1 Å². The summed E-state index contributed by atoms with van der Waals surface area (Å²) in [6.07, 6.45) is 2.00. The van der Waals surface area contributed by atoms with E-state index in [-0.39, 0.29) is 18.5 Å². The quantitative estimate of drug-likeness (QED) is 0.398. The number of carbonyl (C=O) groups is 1. The summed E-state index contributed by atoms with van der Waals surface area (Å²) < 4.78 is 2.05. The fourth-order valence-corrected chi connectivity index (χ4v) is 6.57. The number of rotatable bonds is 5. The first-order valence-electron chi connectivity index (χ1n) is 11.6. The zero-order chi connectivity index (χ0) is 24.0. The Morgan fingerprint density at radius 2 is 1.79 bits per heavy atom. The number of benzene rings is 1. The van der Waals surface area contributed by atoms with Crippen molar-refractivity contribution in [1.29, 1.82) is 0 Å². The van der Waals surface area contributed by atoms with Crippen LogP contribution in [0.2, 0.25) is 0 Å². The second-order valence-electron chi connectivity index (χ2n) is 9.59. The van der Waals surface area contributed by atoms with E-state index < -0.39 is 5.97 Å². The molecule has 1 saturated heterocycles. The van der Waals surface area contributed by atoms with Crippen molar-refractivity contribution in [3.8, 4) is 0 Å². The zero-order valence-corrected chi connectivity index (χ0v) is 23.0. The monoisotopic (exact) mass is 578 g/mol. The third kappa shape index (κ3) is 4.66. The van der Waals surface area contributed by atoms with Crippen LogP contribution in [0.5, 0.6) is 0 Å². The van der Waals surface area contributed by atoms with E-state index in [2.05, 4.69) is 93.4 Å². The Morgan fingerprint density at radius 1 is 1.18 bits per heavy atom. The first-order chi connectivity index (χ1) is 15.6. The molecule has 0 radical (unpaired) electrons. The number of aryl methyl sites for hydroxylation is 1. The van der Waals surface area contributed by atoms with Crippen molar-refractivity contribution >= 4 is 55.2 Å². The minimum Gasteiger partial charge on any atom is -0.481 e. The highest BCUT2D eigenvalue weighted by atomic mass is 79.9. The topological polar surface area (TPSA) is 71.9 Å². The number of halogens is 2. The van der Waals surface area contributed by atoms with Gasteiger partial charge in [-0.3, -0.25) is 14.6 Å². The number of piperidine rings is 1. The number of aliphatic carboxylic acids is 1. The third-order valence-electron chi connectivity index (χ3n) is 7.03. The van der Waals surface area contributed by atoms with E-state index in [1.165, 1.54) is 16.7 Å². The summed E-state index contributed by atoms with van der Waals surface area (Å²) in [4.78, 5) is 24.6. The zero-order valence-electron chi connectivity index (χ0n) is 19.9. The van der Waals surface area contributed by atoms with E-state index in [0.29, 0.717) is 5.92 Å². The Hall–Kier alpha value is -1.64. The molecule has 8 heteroatoms. The van der Waals surface area contributed by atoms with Crippen molar-refractivity contribution in [2.24, 2.45) is 10.9 Å². The number of hydrogen-bond donors (Lipinski definition) is 2. The van der Waals surface area contributed by atoms with Gasteiger partial charge in [0.25, 0.3) is 0 Å². The number of H-pyrrole nitrogens is 1. The lowest BCUT2D eigenvalue weighted by atomic mass is 9.92. The Balaban J connectivity index is 1.72. The normalized spacial score (nSPS) is 19.7. The van der Waals surface area contributed by atoms with Crippen molar-refractivity contribution < 1.29 is 9.90 Å². The van der Waals surface area contributed by atoms with Crippen LogP contribution in [0.3, 0.4) is 0 Å². The molecule has 2 aromatic rings. The predicted molar refractivity (Wildman–Crippen MR) is 141 cm³/mol. The van der Waals surface area contributed by atoms with Crippen molar-refractivity contribution in [2.75, 3.05) is 18.0 Å². The summed E-state index contributed by atoms with van der Waals surface area (Å²) in [7, 11) is 0. The third-order valence-corrected chi connectivity index (χ3v) is 8.24. The molecule has 178 valence electrons. The van der Waals surface area contributed by atoms with E-state index in [9.17, 15) is 4.79 Å². The maximum absolute atomic E-state index is 11.1. The van der Waals surface area contributed by atoms with Gasteiger partial charge in [-0.05, 0) is 101 Å². The fourth-order valence-electron chi connectivity index (χ4n) is 4.99. The van der Waals surface area contributed by atoms with E-state index in [0.717, 1.165) is 57.9 Å². The molecule has 33 heavy (non-hydrogen) atoms. The second kappa shape index (κ2) is 9.55. The van der Waals surface area contributed by atoms with Gasteiger partial charge in [-0.1, -0.05) is 13.8 Å². The molecule has 1 aromatic carbocycles. The Labute approximate surface area is 212 Å². The van der Waals surface area contributed by atoms with Crippen molar-refractivity contribution in [1.82, 2.24) is 9.88 Å². The largest absolute Gasteiger partial charge is 0.481 e. The van der Waals surface area contributed by atoms with Gasteiger partial charge < -0.3 is 10.1 Å². The van der Waals surface area contributed by atoms with Crippen LogP contribution in [0, 0.1) is 19.8 Å². The van der Waals surface area contributed by atoms with Crippen molar-refractivity contribution in [3.05, 3.63) is 43.5 Å². The lowest BCUT2D eigenvalue weighted by Gasteiger charge is -2.40. The Bertz CT molecular complexity index is 1080. The van der Waals surface area contributed by atoms with Gasteiger partial charge in [-0.25, -0.2) is 4.99 Å². The van der Waals surface area contributed by atoms with Crippen LogP contribution in [0.1, 0.15) is 74.5 Å². The van der Waals surface area contributed by atoms with E-state index in [1.807, 2.05) is 0 Å². The molecular weight excluding hydrogens is 548 g/mol. The summed E-state index contributed by atoms with van der Waals surface area (Å²) in [6.45, 7) is 12.5. The molecule has 0 spiro atoms. The maximum Gasteiger partial charge on any atom is 0.303 e. The number of carboxylic acids is 1. The molecule has 1 unspecified atom stereocenters. The van der Waals surface area contributed by atoms with Crippen LogP contribution in [0.25, 0.3) is 0 Å². The van der Waals surface area contributed by atoms with Gasteiger partial charge in [0.15, 0.2) is 0 Å². The number of hydrogen-bond acceptors (Lipinski definition) is 4. The standard InChI is InChI=1S/C25H32Br2N4O2/c1-13(2)18-11-19(26)23(20(27)12-18)31-16(5)29-24(22-14(3)15(4)28-25(22)31)30-8-6-17(7-9-30)10-21(32)33/h11-13,17,24,28H,6-10H2,1-5H3,(H,32,33). The van der Waals surface area contributed by atoms with Gasteiger partial charge in [-0.2, -0.15) is 0 Å². The summed E-state index contributed by atoms with van der Waals surface area (Å²) in [5.41, 5.74) is 5.90. The van der Waals surface area contributed by atoms with Crippen molar-refractivity contribution in [3.63, 3.8) is 0 Å². The Kier molecular flexibility index (Phi) is 7.08. The Morgan fingerprint density at radius 3 is 2.33 bits per heavy atom. The predicted octanol–water partition coefficient (Wildman–Crippen LogP) is 7.04. The highest BCUT2D eigenvalue weighted by molar-refractivity contribution is 9.11. The molecule has 2 N–H and O–H groups in total. The molecular formula is C25H32Br2N4O2. The average Bonchev–Trinajstić information content (AvgIpc) is 3.03. The SMILES string of the molecule is CC1=NC(N2CCC(CC(=O)O)CC2)c2c([nH]c(C)c2C)N1c1c(Br)cc(C(C)C)cc1Br. The van der Waals surface area contributed by atoms with Gasteiger partial charge in [0, 0.05) is 39.7 Å². The molecule has 0 saturated carbocycles. The van der Waals surface area contributed by atoms with Crippen LogP contribution in [-0.4, -0.2) is 39.9 Å². The van der Waals surface area contributed by atoms with Gasteiger partial charge in [0.05, 0.1) is 5.69 Å².